The van der Waals surface area contributed by atoms with Crippen molar-refractivity contribution in [1.29, 1.82) is 0 Å². The molecule has 0 saturated carbocycles. The molecule has 0 fully saturated rings. The lowest BCUT2D eigenvalue weighted by Crippen LogP contribution is -2.09. The first-order valence-electron chi connectivity index (χ1n) is 5.52. The standard InChI is InChI=1S/C13H10N2O3/c16-13(17)8-5-14-12(15-6-8)10-7-18-11-4-2-1-3-9(10)11/h1-6,10H,7H2,(H,16,17). The molecule has 2 aromatic rings. The predicted molar refractivity (Wildman–Crippen MR) is 62.8 cm³/mol. The molecular formula is C13H10N2O3. The second kappa shape index (κ2) is 4.10. The van der Waals surface area contributed by atoms with Gasteiger partial charge in [-0.15, -0.1) is 0 Å². The third-order valence-electron chi connectivity index (χ3n) is 2.93. The monoisotopic (exact) mass is 242 g/mol. The van der Waals surface area contributed by atoms with E-state index >= 15 is 0 Å². The summed E-state index contributed by atoms with van der Waals surface area (Å²) in [5.74, 6) is 0.382. The highest BCUT2D eigenvalue weighted by atomic mass is 16.5. The summed E-state index contributed by atoms with van der Waals surface area (Å²) in [5.41, 5.74) is 1.13. The molecule has 2 heterocycles. The zero-order valence-corrected chi connectivity index (χ0v) is 9.41. The van der Waals surface area contributed by atoms with Crippen LogP contribution in [-0.2, 0) is 0 Å². The normalized spacial score (nSPS) is 17.0. The van der Waals surface area contributed by atoms with Crippen LogP contribution < -0.4 is 4.74 Å². The Morgan fingerprint density at radius 1 is 1.28 bits per heavy atom. The van der Waals surface area contributed by atoms with E-state index in [1.807, 2.05) is 24.3 Å². The highest BCUT2D eigenvalue weighted by Gasteiger charge is 2.27. The van der Waals surface area contributed by atoms with Crippen molar-refractivity contribution in [2.45, 2.75) is 5.92 Å². The number of fused-ring (bicyclic) bond motifs is 1. The third kappa shape index (κ3) is 1.69. The van der Waals surface area contributed by atoms with Gasteiger partial charge in [-0.25, -0.2) is 14.8 Å². The molecule has 5 heteroatoms. The summed E-state index contributed by atoms with van der Waals surface area (Å²) in [6.07, 6.45) is 2.65. The first kappa shape index (κ1) is 10.7. The van der Waals surface area contributed by atoms with Gasteiger partial charge in [0.25, 0.3) is 0 Å². The van der Waals surface area contributed by atoms with Crippen LogP contribution in [0, 0.1) is 0 Å². The largest absolute Gasteiger partial charge is 0.492 e. The first-order valence-corrected chi connectivity index (χ1v) is 5.52. The van der Waals surface area contributed by atoms with E-state index in [1.54, 1.807) is 0 Å². The molecule has 0 aliphatic carbocycles. The molecule has 1 aliphatic rings. The van der Waals surface area contributed by atoms with E-state index in [4.69, 9.17) is 9.84 Å². The number of aromatic nitrogens is 2. The quantitative estimate of drug-likeness (QED) is 0.867. The average molecular weight is 242 g/mol. The molecule has 90 valence electrons. The van der Waals surface area contributed by atoms with Crippen LogP contribution in [0.15, 0.2) is 36.7 Å². The van der Waals surface area contributed by atoms with Crippen molar-refractivity contribution in [3.05, 3.63) is 53.6 Å². The Labute approximate surface area is 103 Å². The maximum Gasteiger partial charge on any atom is 0.338 e. The number of para-hydroxylation sites is 1. The molecule has 1 N–H and O–H groups in total. The van der Waals surface area contributed by atoms with E-state index in [-0.39, 0.29) is 11.5 Å². The summed E-state index contributed by atoms with van der Waals surface area (Å²) < 4.78 is 5.55. The molecular weight excluding hydrogens is 232 g/mol. The topological polar surface area (TPSA) is 72.3 Å². The Morgan fingerprint density at radius 2 is 2.00 bits per heavy atom. The second-order valence-corrected chi connectivity index (χ2v) is 4.04. The molecule has 1 atom stereocenters. The molecule has 1 unspecified atom stereocenters. The van der Waals surface area contributed by atoms with Gasteiger partial charge in [0.05, 0.1) is 11.5 Å². The number of carbonyl (C=O) groups is 1. The van der Waals surface area contributed by atoms with Gasteiger partial charge in [0.15, 0.2) is 0 Å². The number of nitrogens with zero attached hydrogens (tertiary/aromatic N) is 2. The predicted octanol–water partition coefficient (Wildman–Crippen LogP) is 1.70. The Hall–Kier alpha value is -2.43. The molecule has 3 rings (SSSR count). The maximum absolute atomic E-state index is 10.7. The molecule has 0 spiro atoms. The summed E-state index contributed by atoms with van der Waals surface area (Å²) in [4.78, 5) is 18.9. The fraction of sp³-hybridized carbons (Fsp3) is 0.154. The first-order chi connectivity index (χ1) is 8.75. The number of rotatable bonds is 2. The fourth-order valence-electron chi connectivity index (χ4n) is 2.00. The van der Waals surface area contributed by atoms with Gasteiger partial charge in [-0.2, -0.15) is 0 Å². The molecule has 1 aromatic heterocycles. The van der Waals surface area contributed by atoms with Gasteiger partial charge in [-0.3, -0.25) is 0 Å². The van der Waals surface area contributed by atoms with Gasteiger partial charge in [0, 0.05) is 18.0 Å². The third-order valence-corrected chi connectivity index (χ3v) is 2.93. The summed E-state index contributed by atoms with van der Waals surface area (Å²) in [6.45, 7) is 0.492. The number of hydrogen-bond donors (Lipinski definition) is 1. The lowest BCUT2D eigenvalue weighted by molar-refractivity contribution is 0.0696. The van der Waals surface area contributed by atoms with Crippen LogP contribution in [0.1, 0.15) is 27.7 Å². The lowest BCUT2D eigenvalue weighted by Gasteiger charge is -2.06. The lowest BCUT2D eigenvalue weighted by atomic mass is 10.0. The second-order valence-electron chi connectivity index (χ2n) is 4.04. The Balaban J connectivity index is 1.95. The Morgan fingerprint density at radius 3 is 2.72 bits per heavy atom. The van der Waals surface area contributed by atoms with Crippen molar-refractivity contribution in [2.75, 3.05) is 6.61 Å². The molecule has 5 nitrogen and oxygen atoms in total. The minimum atomic E-state index is -1.02. The number of benzene rings is 1. The van der Waals surface area contributed by atoms with E-state index in [9.17, 15) is 4.79 Å². The van der Waals surface area contributed by atoms with Crippen LogP contribution in [0.2, 0.25) is 0 Å². The minimum absolute atomic E-state index is 0.0240. The van der Waals surface area contributed by atoms with Gasteiger partial charge in [0.1, 0.15) is 18.2 Å². The van der Waals surface area contributed by atoms with E-state index in [0.29, 0.717) is 12.4 Å². The molecule has 0 amide bonds. The van der Waals surface area contributed by atoms with Gasteiger partial charge < -0.3 is 9.84 Å². The van der Waals surface area contributed by atoms with E-state index in [1.165, 1.54) is 12.4 Å². The summed E-state index contributed by atoms with van der Waals surface area (Å²) in [7, 11) is 0. The van der Waals surface area contributed by atoms with E-state index in [2.05, 4.69) is 9.97 Å². The highest BCUT2D eigenvalue weighted by molar-refractivity contribution is 5.86. The van der Waals surface area contributed by atoms with Crippen molar-refractivity contribution >= 4 is 5.97 Å². The van der Waals surface area contributed by atoms with E-state index in [0.717, 1.165) is 11.3 Å². The zero-order chi connectivity index (χ0) is 12.5. The smallest absolute Gasteiger partial charge is 0.338 e. The fourth-order valence-corrected chi connectivity index (χ4v) is 2.00. The molecule has 0 bridgehead atoms. The number of hydrogen-bond acceptors (Lipinski definition) is 4. The van der Waals surface area contributed by atoms with Crippen LogP contribution in [-0.4, -0.2) is 27.7 Å². The molecule has 0 radical (unpaired) electrons. The number of carboxylic acid groups (broad SMARTS) is 1. The molecule has 1 aliphatic heterocycles. The van der Waals surface area contributed by atoms with Crippen molar-refractivity contribution in [3.63, 3.8) is 0 Å². The van der Waals surface area contributed by atoms with Crippen molar-refractivity contribution < 1.29 is 14.6 Å². The molecule has 1 aromatic carbocycles. The van der Waals surface area contributed by atoms with Crippen molar-refractivity contribution in [3.8, 4) is 5.75 Å². The number of ether oxygens (including phenoxy) is 1. The summed E-state index contributed by atoms with van der Waals surface area (Å²) >= 11 is 0. The van der Waals surface area contributed by atoms with Gasteiger partial charge in [0.2, 0.25) is 0 Å². The highest BCUT2D eigenvalue weighted by Crippen LogP contribution is 2.36. The Kier molecular flexibility index (Phi) is 2.44. The van der Waals surface area contributed by atoms with Crippen LogP contribution in [0.3, 0.4) is 0 Å². The van der Waals surface area contributed by atoms with Gasteiger partial charge in [-0.1, -0.05) is 18.2 Å². The summed E-state index contributed by atoms with van der Waals surface area (Å²) in [5, 5.41) is 8.79. The zero-order valence-electron chi connectivity index (χ0n) is 9.41. The van der Waals surface area contributed by atoms with Crippen LogP contribution in [0.25, 0.3) is 0 Å². The van der Waals surface area contributed by atoms with Crippen LogP contribution in [0.5, 0.6) is 5.75 Å². The van der Waals surface area contributed by atoms with Gasteiger partial charge >= 0.3 is 5.97 Å². The number of aromatic carboxylic acids is 1. The van der Waals surface area contributed by atoms with Crippen molar-refractivity contribution in [2.24, 2.45) is 0 Å². The minimum Gasteiger partial charge on any atom is -0.492 e. The van der Waals surface area contributed by atoms with Crippen molar-refractivity contribution in [1.82, 2.24) is 9.97 Å². The van der Waals surface area contributed by atoms with Crippen LogP contribution >= 0.6 is 0 Å². The Bertz CT molecular complexity index is 595. The SMILES string of the molecule is O=C(O)c1cnc(C2COc3ccccc32)nc1. The molecule has 18 heavy (non-hydrogen) atoms. The summed E-state index contributed by atoms with van der Waals surface area (Å²) in [6, 6.07) is 7.73. The molecule has 0 saturated heterocycles. The average Bonchev–Trinajstić information content (AvgIpc) is 2.82. The number of carboxylic acids is 1. The van der Waals surface area contributed by atoms with E-state index < -0.39 is 5.97 Å². The van der Waals surface area contributed by atoms with Gasteiger partial charge in [-0.05, 0) is 6.07 Å². The van der Waals surface area contributed by atoms with Crippen LogP contribution in [0.4, 0.5) is 0 Å². The maximum atomic E-state index is 10.7.